The van der Waals surface area contributed by atoms with Crippen LogP contribution in [0, 0.1) is 19.8 Å². The summed E-state index contributed by atoms with van der Waals surface area (Å²) >= 11 is 0. The lowest BCUT2D eigenvalue weighted by molar-refractivity contribution is -0.146. The van der Waals surface area contributed by atoms with E-state index in [4.69, 9.17) is 4.74 Å². The third-order valence-electron chi connectivity index (χ3n) is 7.12. The van der Waals surface area contributed by atoms with E-state index < -0.39 is 23.8 Å². The van der Waals surface area contributed by atoms with E-state index in [1.807, 2.05) is 59.7 Å². The molecule has 0 aromatic heterocycles. The fourth-order valence-corrected chi connectivity index (χ4v) is 4.98. The molecule has 0 aliphatic heterocycles. The highest BCUT2D eigenvalue weighted by atomic mass is 16.6. The number of hydrogen-bond donors (Lipinski definition) is 2. The Balaban J connectivity index is 2.52. The van der Waals surface area contributed by atoms with Crippen LogP contribution in [-0.2, 0) is 14.3 Å². The minimum Gasteiger partial charge on any atom is -0.444 e. The Morgan fingerprint density at radius 1 is 1.05 bits per heavy atom. The summed E-state index contributed by atoms with van der Waals surface area (Å²) in [5.74, 6) is -0.640. The van der Waals surface area contributed by atoms with Crippen molar-refractivity contribution in [2.45, 2.75) is 131 Å². The van der Waals surface area contributed by atoms with Crippen LogP contribution in [-0.4, -0.2) is 46.5 Å². The van der Waals surface area contributed by atoms with E-state index in [1.165, 1.54) is 6.42 Å². The Kier molecular flexibility index (Phi) is 11.0. The molecule has 208 valence electrons. The van der Waals surface area contributed by atoms with Gasteiger partial charge in [0.15, 0.2) is 0 Å². The number of nitrogens with one attached hydrogen (secondary N) is 2. The lowest BCUT2D eigenvalue weighted by atomic mass is 9.92. The van der Waals surface area contributed by atoms with Crippen LogP contribution in [0.5, 0.6) is 0 Å². The zero-order valence-electron chi connectivity index (χ0n) is 24.4. The van der Waals surface area contributed by atoms with Gasteiger partial charge in [-0.15, -0.1) is 0 Å². The number of carbonyl (C=O) groups is 3. The normalized spacial score (nSPS) is 17.0. The van der Waals surface area contributed by atoms with E-state index in [9.17, 15) is 14.4 Å². The van der Waals surface area contributed by atoms with Crippen molar-refractivity contribution in [3.05, 3.63) is 34.9 Å². The summed E-state index contributed by atoms with van der Waals surface area (Å²) in [6.45, 7) is 17.1. The topological polar surface area (TPSA) is 87.7 Å². The lowest BCUT2D eigenvalue weighted by Gasteiger charge is -2.40. The van der Waals surface area contributed by atoms with Crippen LogP contribution in [0.15, 0.2) is 18.2 Å². The SMILES string of the molecule is CCC(C)N(C(=O)C(NC(=O)OC(C)(C)C)C(C)C)C(C(=O)NC1CCCCC1)c1ccc(C)cc1C. The molecular weight excluding hydrogens is 466 g/mol. The summed E-state index contributed by atoms with van der Waals surface area (Å²) in [6.07, 6.45) is 5.33. The summed E-state index contributed by atoms with van der Waals surface area (Å²) in [7, 11) is 0. The van der Waals surface area contributed by atoms with E-state index in [2.05, 4.69) is 10.6 Å². The second kappa shape index (κ2) is 13.3. The molecule has 0 spiro atoms. The molecule has 7 nitrogen and oxygen atoms in total. The molecule has 1 aromatic carbocycles. The van der Waals surface area contributed by atoms with Crippen LogP contribution in [0.2, 0.25) is 0 Å². The zero-order valence-corrected chi connectivity index (χ0v) is 24.4. The predicted octanol–water partition coefficient (Wildman–Crippen LogP) is 5.97. The molecule has 37 heavy (non-hydrogen) atoms. The van der Waals surface area contributed by atoms with E-state index in [-0.39, 0.29) is 29.8 Å². The molecule has 0 saturated heterocycles. The fourth-order valence-electron chi connectivity index (χ4n) is 4.98. The molecule has 1 aliphatic rings. The van der Waals surface area contributed by atoms with Gasteiger partial charge >= 0.3 is 6.09 Å². The summed E-state index contributed by atoms with van der Waals surface area (Å²) in [4.78, 5) is 42.6. The number of amides is 3. The Labute approximate surface area is 224 Å². The second-order valence-corrected chi connectivity index (χ2v) is 12.0. The van der Waals surface area contributed by atoms with Crippen molar-refractivity contribution in [2.75, 3.05) is 0 Å². The number of ether oxygens (including phenoxy) is 1. The summed E-state index contributed by atoms with van der Waals surface area (Å²) < 4.78 is 5.46. The molecule has 1 aliphatic carbocycles. The zero-order chi connectivity index (χ0) is 27.9. The summed E-state index contributed by atoms with van der Waals surface area (Å²) in [5, 5.41) is 6.07. The van der Waals surface area contributed by atoms with Crippen LogP contribution in [0.4, 0.5) is 4.79 Å². The van der Waals surface area contributed by atoms with Crippen molar-refractivity contribution in [1.82, 2.24) is 15.5 Å². The minimum absolute atomic E-state index is 0.115. The van der Waals surface area contributed by atoms with E-state index in [0.717, 1.165) is 42.4 Å². The first-order valence-electron chi connectivity index (χ1n) is 13.9. The van der Waals surface area contributed by atoms with Gasteiger partial charge in [-0.1, -0.05) is 63.8 Å². The largest absolute Gasteiger partial charge is 0.444 e. The smallest absolute Gasteiger partial charge is 0.408 e. The van der Waals surface area contributed by atoms with Crippen LogP contribution >= 0.6 is 0 Å². The first kappa shape index (κ1) is 30.7. The molecular formula is C30H49N3O4. The van der Waals surface area contributed by atoms with Crippen molar-refractivity contribution in [1.29, 1.82) is 0 Å². The van der Waals surface area contributed by atoms with Crippen LogP contribution < -0.4 is 10.6 Å². The van der Waals surface area contributed by atoms with E-state index in [1.54, 1.807) is 25.7 Å². The van der Waals surface area contributed by atoms with Crippen LogP contribution in [0.1, 0.15) is 110 Å². The third kappa shape index (κ3) is 8.75. The van der Waals surface area contributed by atoms with Gasteiger partial charge in [0, 0.05) is 12.1 Å². The van der Waals surface area contributed by atoms with Gasteiger partial charge in [-0.3, -0.25) is 9.59 Å². The maximum atomic E-state index is 14.3. The van der Waals surface area contributed by atoms with E-state index >= 15 is 0 Å². The van der Waals surface area contributed by atoms with Gasteiger partial charge in [-0.25, -0.2) is 4.79 Å². The highest BCUT2D eigenvalue weighted by molar-refractivity contribution is 5.92. The van der Waals surface area contributed by atoms with Crippen LogP contribution in [0.25, 0.3) is 0 Å². The molecule has 2 N–H and O–H groups in total. The molecule has 1 fully saturated rings. The maximum absolute atomic E-state index is 14.3. The first-order chi connectivity index (χ1) is 17.2. The highest BCUT2D eigenvalue weighted by Crippen LogP contribution is 2.31. The van der Waals surface area contributed by atoms with Gasteiger partial charge in [-0.05, 0) is 77.8 Å². The van der Waals surface area contributed by atoms with Crippen LogP contribution in [0.3, 0.4) is 0 Å². The Bertz CT molecular complexity index is 931. The van der Waals surface area contributed by atoms with Gasteiger partial charge < -0.3 is 20.3 Å². The number of nitrogens with zero attached hydrogens (tertiary/aromatic N) is 1. The number of benzene rings is 1. The minimum atomic E-state index is -0.834. The third-order valence-corrected chi connectivity index (χ3v) is 7.12. The van der Waals surface area contributed by atoms with E-state index in [0.29, 0.717) is 6.42 Å². The number of rotatable bonds is 9. The number of carbonyl (C=O) groups excluding carboxylic acids is 3. The van der Waals surface area contributed by atoms with Gasteiger partial charge in [0.2, 0.25) is 11.8 Å². The predicted molar refractivity (Wildman–Crippen MR) is 148 cm³/mol. The first-order valence-corrected chi connectivity index (χ1v) is 13.9. The number of hydrogen-bond acceptors (Lipinski definition) is 4. The Morgan fingerprint density at radius 3 is 2.19 bits per heavy atom. The molecule has 1 saturated carbocycles. The molecule has 0 bridgehead atoms. The van der Waals surface area contributed by atoms with Gasteiger partial charge in [0.1, 0.15) is 17.7 Å². The molecule has 2 rings (SSSR count). The Morgan fingerprint density at radius 2 is 1.68 bits per heavy atom. The lowest BCUT2D eigenvalue weighted by Crippen LogP contribution is -2.57. The number of alkyl carbamates (subject to hydrolysis) is 1. The molecule has 0 radical (unpaired) electrons. The quantitative estimate of drug-likeness (QED) is 0.424. The number of aryl methyl sites for hydroxylation is 2. The maximum Gasteiger partial charge on any atom is 0.408 e. The van der Waals surface area contributed by atoms with Crippen molar-refractivity contribution in [3.63, 3.8) is 0 Å². The average molecular weight is 516 g/mol. The van der Waals surface area contributed by atoms with Crippen molar-refractivity contribution in [2.24, 2.45) is 5.92 Å². The molecule has 3 unspecified atom stereocenters. The second-order valence-electron chi connectivity index (χ2n) is 12.0. The van der Waals surface area contributed by atoms with Crippen molar-refractivity contribution < 1.29 is 19.1 Å². The average Bonchev–Trinajstić information content (AvgIpc) is 2.80. The van der Waals surface area contributed by atoms with Gasteiger partial charge in [0.25, 0.3) is 0 Å². The van der Waals surface area contributed by atoms with Crippen molar-refractivity contribution >= 4 is 17.9 Å². The molecule has 3 amide bonds. The highest BCUT2D eigenvalue weighted by Gasteiger charge is 2.40. The molecule has 1 aromatic rings. The Hall–Kier alpha value is -2.57. The summed E-state index contributed by atoms with van der Waals surface area (Å²) in [6, 6.07) is 4.26. The molecule has 0 heterocycles. The standard InChI is InChI=1S/C30H49N3O4/c1-10-22(6)33(28(35)25(19(2)3)32-29(36)37-30(7,8)9)26(24-17-16-20(4)18-21(24)5)27(34)31-23-14-12-11-13-15-23/h16-19,22-23,25-26H,10-15H2,1-9H3,(H,31,34)(H,32,36). The molecule has 3 atom stereocenters. The molecule has 7 heteroatoms. The van der Waals surface area contributed by atoms with Gasteiger partial charge in [0.05, 0.1) is 0 Å². The summed E-state index contributed by atoms with van der Waals surface area (Å²) in [5.41, 5.74) is 2.19. The van der Waals surface area contributed by atoms with Crippen molar-refractivity contribution in [3.8, 4) is 0 Å². The monoisotopic (exact) mass is 515 g/mol. The van der Waals surface area contributed by atoms with Gasteiger partial charge in [-0.2, -0.15) is 0 Å². The fraction of sp³-hybridized carbons (Fsp3) is 0.700.